The Labute approximate surface area is 124 Å². The molecule has 21 heavy (non-hydrogen) atoms. The normalized spacial score (nSPS) is 30.5. The number of amides is 1. The van der Waals surface area contributed by atoms with Crippen LogP contribution in [0.1, 0.15) is 37.7 Å². The Balaban J connectivity index is 1.46. The molecule has 4 rings (SSSR count). The maximum Gasteiger partial charge on any atom is 0.227 e. The number of anilines is 1. The molecule has 2 fully saturated rings. The average molecular weight is 288 g/mol. The van der Waals surface area contributed by atoms with Gasteiger partial charge in [-0.25, -0.2) is 4.39 Å². The number of nitrogens with zero attached hydrogens (tertiary/aromatic N) is 1. The Morgan fingerprint density at radius 1 is 1.29 bits per heavy atom. The molecule has 2 atom stereocenters. The highest BCUT2D eigenvalue weighted by molar-refractivity contribution is 5.95. The molecule has 3 aliphatic rings. The summed E-state index contributed by atoms with van der Waals surface area (Å²) in [5, 5.41) is 3.61. The lowest BCUT2D eigenvalue weighted by Crippen LogP contribution is -2.40. The SMILES string of the molecule is O=C(CC1CC2CCC(C1)N2)N1CCc2ccc(F)cc21. The van der Waals surface area contributed by atoms with Crippen LogP contribution < -0.4 is 10.2 Å². The van der Waals surface area contributed by atoms with E-state index in [0.717, 1.165) is 30.5 Å². The third kappa shape index (κ3) is 2.46. The summed E-state index contributed by atoms with van der Waals surface area (Å²) >= 11 is 0. The molecule has 3 nitrogen and oxygen atoms in total. The average Bonchev–Trinajstić information content (AvgIpc) is 3.02. The van der Waals surface area contributed by atoms with Gasteiger partial charge in [0.1, 0.15) is 5.82 Å². The van der Waals surface area contributed by atoms with Crippen molar-refractivity contribution in [3.63, 3.8) is 0 Å². The molecule has 1 aromatic carbocycles. The van der Waals surface area contributed by atoms with E-state index in [-0.39, 0.29) is 11.7 Å². The van der Waals surface area contributed by atoms with Crippen molar-refractivity contribution in [1.29, 1.82) is 0 Å². The summed E-state index contributed by atoms with van der Waals surface area (Å²) < 4.78 is 13.4. The first-order valence-electron chi connectivity index (χ1n) is 8.04. The predicted molar refractivity (Wildman–Crippen MR) is 79.7 cm³/mol. The van der Waals surface area contributed by atoms with E-state index in [1.54, 1.807) is 4.90 Å². The van der Waals surface area contributed by atoms with Crippen LogP contribution in [0.15, 0.2) is 18.2 Å². The summed E-state index contributed by atoms with van der Waals surface area (Å²) in [5.41, 5.74) is 1.88. The van der Waals surface area contributed by atoms with Crippen LogP contribution in [-0.4, -0.2) is 24.5 Å². The number of carbonyl (C=O) groups excluding carboxylic acids is 1. The van der Waals surface area contributed by atoms with Gasteiger partial charge in [-0.05, 0) is 55.7 Å². The van der Waals surface area contributed by atoms with Crippen LogP contribution in [-0.2, 0) is 11.2 Å². The molecule has 3 aliphatic heterocycles. The second-order valence-corrected chi connectivity index (χ2v) is 6.75. The first-order valence-corrected chi connectivity index (χ1v) is 8.04. The highest BCUT2D eigenvalue weighted by Gasteiger charge is 2.35. The highest BCUT2D eigenvalue weighted by Crippen LogP contribution is 2.35. The molecule has 0 radical (unpaired) electrons. The number of hydrogen-bond acceptors (Lipinski definition) is 2. The van der Waals surface area contributed by atoms with Crippen molar-refractivity contribution in [2.75, 3.05) is 11.4 Å². The fraction of sp³-hybridized carbons (Fsp3) is 0.588. The molecular formula is C17H21FN2O. The van der Waals surface area contributed by atoms with Gasteiger partial charge < -0.3 is 10.2 Å². The molecule has 0 spiro atoms. The molecule has 0 saturated carbocycles. The summed E-state index contributed by atoms with van der Waals surface area (Å²) in [6, 6.07) is 6.03. The van der Waals surface area contributed by atoms with Gasteiger partial charge in [0.05, 0.1) is 0 Å². The maximum absolute atomic E-state index is 13.4. The largest absolute Gasteiger partial charge is 0.312 e. The first-order chi connectivity index (χ1) is 10.2. The van der Waals surface area contributed by atoms with Crippen molar-refractivity contribution in [3.8, 4) is 0 Å². The number of benzene rings is 1. The second kappa shape index (κ2) is 5.09. The minimum atomic E-state index is -0.256. The molecular weight excluding hydrogens is 267 g/mol. The third-order valence-electron chi connectivity index (χ3n) is 5.28. The quantitative estimate of drug-likeness (QED) is 0.907. The number of fused-ring (bicyclic) bond motifs is 3. The number of carbonyl (C=O) groups is 1. The molecule has 3 heterocycles. The Bertz CT molecular complexity index is 562. The van der Waals surface area contributed by atoms with Gasteiger partial charge in [-0.3, -0.25) is 4.79 Å². The second-order valence-electron chi connectivity index (χ2n) is 6.75. The van der Waals surface area contributed by atoms with E-state index in [1.807, 2.05) is 6.07 Å². The summed E-state index contributed by atoms with van der Waals surface area (Å²) in [4.78, 5) is 14.4. The van der Waals surface area contributed by atoms with Gasteiger partial charge in [0.2, 0.25) is 5.91 Å². The molecule has 1 N–H and O–H groups in total. The Morgan fingerprint density at radius 3 is 2.81 bits per heavy atom. The van der Waals surface area contributed by atoms with Gasteiger partial charge in [-0.1, -0.05) is 6.07 Å². The fourth-order valence-electron chi connectivity index (χ4n) is 4.31. The van der Waals surface area contributed by atoms with Gasteiger partial charge in [0.25, 0.3) is 0 Å². The zero-order chi connectivity index (χ0) is 14.4. The van der Waals surface area contributed by atoms with Gasteiger partial charge >= 0.3 is 0 Å². The predicted octanol–water partition coefficient (Wildman–Crippen LogP) is 2.64. The number of rotatable bonds is 2. The third-order valence-corrected chi connectivity index (χ3v) is 5.28. The molecule has 2 unspecified atom stereocenters. The van der Waals surface area contributed by atoms with Crippen LogP contribution in [0, 0.1) is 11.7 Å². The van der Waals surface area contributed by atoms with Gasteiger partial charge in [0.15, 0.2) is 0 Å². The van der Waals surface area contributed by atoms with Crippen molar-refractivity contribution in [1.82, 2.24) is 5.32 Å². The van der Waals surface area contributed by atoms with Crippen molar-refractivity contribution in [3.05, 3.63) is 29.6 Å². The lowest BCUT2D eigenvalue weighted by atomic mass is 9.89. The van der Waals surface area contributed by atoms with Gasteiger partial charge in [0, 0.05) is 30.7 Å². The van der Waals surface area contributed by atoms with E-state index < -0.39 is 0 Å². The van der Waals surface area contributed by atoms with Crippen molar-refractivity contribution in [2.45, 2.75) is 50.6 Å². The van der Waals surface area contributed by atoms with Crippen molar-refractivity contribution in [2.24, 2.45) is 5.92 Å². The Morgan fingerprint density at radius 2 is 2.05 bits per heavy atom. The molecule has 2 bridgehead atoms. The number of nitrogens with one attached hydrogen (secondary N) is 1. The monoisotopic (exact) mass is 288 g/mol. The zero-order valence-electron chi connectivity index (χ0n) is 12.1. The van der Waals surface area contributed by atoms with Gasteiger partial charge in [-0.2, -0.15) is 0 Å². The van der Waals surface area contributed by atoms with Crippen LogP contribution in [0.25, 0.3) is 0 Å². The Kier molecular flexibility index (Phi) is 3.21. The van der Waals surface area contributed by atoms with E-state index in [0.29, 0.717) is 31.0 Å². The topological polar surface area (TPSA) is 32.3 Å². The summed E-state index contributed by atoms with van der Waals surface area (Å²) in [6.45, 7) is 0.704. The Hall–Kier alpha value is -1.42. The standard InChI is InChI=1S/C17H21FN2O/c18-13-2-1-12-5-6-20(16(12)10-13)17(21)9-11-7-14-3-4-15(8-11)19-14/h1-2,10-11,14-15,19H,3-9H2. The van der Waals surface area contributed by atoms with Crippen molar-refractivity contribution >= 4 is 11.6 Å². The molecule has 2 saturated heterocycles. The summed E-state index contributed by atoms with van der Waals surface area (Å²) in [7, 11) is 0. The molecule has 0 aliphatic carbocycles. The fourth-order valence-corrected chi connectivity index (χ4v) is 4.31. The van der Waals surface area contributed by atoms with Crippen LogP contribution in [0.4, 0.5) is 10.1 Å². The highest BCUT2D eigenvalue weighted by atomic mass is 19.1. The molecule has 112 valence electrons. The smallest absolute Gasteiger partial charge is 0.227 e. The van der Waals surface area contributed by atoms with E-state index in [4.69, 9.17) is 0 Å². The summed E-state index contributed by atoms with van der Waals surface area (Å²) in [6.07, 6.45) is 6.21. The van der Waals surface area contributed by atoms with E-state index in [9.17, 15) is 9.18 Å². The molecule has 4 heteroatoms. The lowest BCUT2D eigenvalue weighted by molar-refractivity contribution is -0.119. The molecule has 1 amide bonds. The first kappa shape index (κ1) is 13.3. The van der Waals surface area contributed by atoms with Crippen LogP contribution in [0.2, 0.25) is 0 Å². The van der Waals surface area contributed by atoms with E-state index in [1.165, 1.54) is 25.0 Å². The maximum atomic E-state index is 13.4. The zero-order valence-corrected chi connectivity index (χ0v) is 12.1. The minimum Gasteiger partial charge on any atom is -0.312 e. The number of hydrogen-bond donors (Lipinski definition) is 1. The van der Waals surface area contributed by atoms with Crippen molar-refractivity contribution < 1.29 is 9.18 Å². The van der Waals surface area contributed by atoms with Crippen LogP contribution in [0.5, 0.6) is 0 Å². The lowest BCUT2D eigenvalue weighted by Gasteiger charge is -2.30. The van der Waals surface area contributed by atoms with E-state index >= 15 is 0 Å². The van der Waals surface area contributed by atoms with E-state index in [2.05, 4.69) is 5.32 Å². The van der Waals surface area contributed by atoms with Crippen LogP contribution >= 0.6 is 0 Å². The summed E-state index contributed by atoms with van der Waals surface area (Å²) in [5.74, 6) is 0.410. The number of halogens is 1. The number of piperidine rings is 1. The minimum absolute atomic E-state index is 0.172. The molecule has 1 aromatic rings. The molecule has 0 aromatic heterocycles. The van der Waals surface area contributed by atoms with Crippen LogP contribution in [0.3, 0.4) is 0 Å². The van der Waals surface area contributed by atoms with Gasteiger partial charge in [-0.15, -0.1) is 0 Å².